The van der Waals surface area contributed by atoms with Crippen LogP contribution in [0.3, 0.4) is 0 Å². The van der Waals surface area contributed by atoms with Gasteiger partial charge in [0.25, 0.3) is 0 Å². The van der Waals surface area contributed by atoms with Crippen LogP contribution in [0.1, 0.15) is 11.1 Å². The number of hydroxylamine groups is 1. The third-order valence-corrected chi connectivity index (χ3v) is 2.52. The van der Waals surface area contributed by atoms with Crippen LogP contribution >= 0.6 is 0 Å². The van der Waals surface area contributed by atoms with Crippen LogP contribution in [0.5, 0.6) is 0 Å². The summed E-state index contributed by atoms with van der Waals surface area (Å²) in [5.74, 6) is -0.460. The highest BCUT2D eigenvalue weighted by Crippen LogP contribution is 2.21. The number of carbonyl (C=O) groups is 1. The monoisotopic (exact) mass is 206 g/mol. The molecule has 0 aliphatic heterocycles. The van der Waals surface area contributed by atoms with E-state index in [-0.39, 0.29) is 12.6 Å². The summed E-state index contributed by atoms with van der Waals surface area (Å²) in [5.41, 5.74) is 10.5. The molecule has 2 rings (SSSR count). The first kappa shape index (κ1) is 10.1. The number of primary amides is 1. The lowest BCUT2D eigenvalue weighted by molar-refractivity contribution is -0.126. The Kier molecular flexibility index (Phi) is 2.99. The van der Waals surface area contributed by atoms with Gasteiger partial charge in [-0.1, -0.05) is 24.3 Å². The SMILES string of the molecule is NC(=O)CONC1Cc2ccccc2C1. The van der Waals surface area contributed by atoms with Gasteiger partial charge in [-0.05, 0) is 24.0 Å². The molecule has 3 N–H and O–H groups in total. The highest BCUT2D eigenvalue weighted by Gasteiger charge is 2.20. The zero-order chi connectivity index (χ0) is 10.7. The van der Waals surface area contributed by atoms with Crippen molar-refractivity contribution in [3.63, 3.8) is 0 Å². The van der Waals surface area contributed by atoms with E-state index in [0.717, 1.165) is 12.8 Å². The summed E-state index contributed by atoms with van der Waals surface area (Å²) in [6.45, 7) is -0.0765. The van der Waals surface area contributed by atoms with Gasteiger partial charge < -0.3 is 5.73 Å². The predicted octanol–water partition coefficient (Wildman–Crippen LogP) is 0.160. The van der Waals surface area contributed by atoms with Crippen molar-refractivity contribution in [1.82, 2.24) is 5.48 Å². The Hall–Kier alpha value is -1.39. The van der Waals surface area contributed by atoms with Crippen molar-refractivity contribution in [2.24, 2.45) is 5.73 Å². The molecule has 0 bridgehead atoms. The quantitative estimate of drug-likeness (QED) is 0.690. The van der Waals surface area contributed by atoms with Crippen LogP contribution in [0, 0.1) is 0 Å². The molecule has 0 fully saturated rings. The van der Waals surface area contributed by atoms with E-state index in [0.29, 0.717) is 0 Å². The van der Waals surface area contributed by atoms with Crippen LogP contribution in [-0.4, -0.2) is 18.6 Å². The molecule has 0 radical (unpaired) electrons. The van der Waals surface area contributed by atoms with E-state index < -0.39 is 5.91 Å². The summed E-state index contributed by atoms with van der Waals surface area (Å²) in [7, 11) is 0. The second-order valence-electron chi connectivity index (χ2n) is 3.75. The van der Waals surface area contributed by atoms with Crippen LogP contribution in [0.25, 0.3) is 0 Å². The molecule has 1 aromatic carbocycles. The molecule has 0 aromatic heterocycles. The fraction of sp³-hybridized carbons (Fsp3) is 0.364. The maximum Gasteiger partial charge on any atom is 0.245 e. The van der Waals surface area contributed by atoms with Gasteiger partial charge in [-0.15, -0.1) is 0 Å². The summed E-state index contributed by atoms with van der Waals surface area (Å²) in [6.07, 6.45) is 1.88. The number of rotatable bonds is 4. The molecule has 1 aliphatic carbocycles. The first-order valence-corrected chi connectivity index (χ1v) is 4.98. The average molecular weight is 206 g/mol. The Morgan fingerprint density at radius 1 is 1.40 bits per heavy atom. The molecule has 4 nitrogen and oxygen atoms in total. The molecule has 1 aromatic rings. The van der Waals surface area contributed by atoms with Crippen LogP contribution < -0.4 is 11.2 Å². The molecule has 0 heterocycles. The zero-order valence-corrected chi connectivity index (χ0v) is 8.40. The van der Waals surface area contributed by atoms with Gasteiger partial charge in [-0.3, -0.25) is 9.63 Å². The fourth-order valence-corrected chi connectivity index (χ4v) is 1.87. The highest BCUT2D eigenvalue weighted by molar-refractivity contribution is 5.74. The summed E-state index contributed by atoms with van der Waals surface area (Å²) in [5, 5.41) is 0. The molecule has 0 saturated carbocycles. The minimum atomic E-state index is -0.460. The number of hydrogen-bond donors (Lipinski definition) is 2. The van der Waals surface area contributed by atoms with Crippen molar-refractivity contribution < 1.29 is 9.63 Å². The van der Waals surface area contributed by atoms with E-state index in [1.54, 1.807) is 0 Å². The summed E-state index contributed by atoms with van der Waals surface area (Å²) in [6, 6.07) is 8.55. The van der Waals surface area contributed by atoms with Gasteiger partial charge in [0, 0.05) is 6.04 Å². The lowest BCUT2D eigenvalue weighted by atomic mass is 10.1. The van der Waals surface area contributed by atoms with Gasteiger partial charge >= 0.3 is 0 Å². The maximum atomic E-state index is 10.4. The highest BCUT2D eigenvalue weighted by atomic mass is 16.6. The number of carbonyl (C=O) groups excluding carboxylic acids is 1. The second-order valence-corrected chi connectivity index (χ2v) is 3.75. The molecular weight excluding hydrogens is 192 g/mol. The van der Waals surface area contributed by atoms with Crippen LogP contribution in [0.2, 0.25) is 0 Å². The smallest absolute Gasteiger partial charge is 0.245 e. The summed E-state index contributed by atoms with van der Waals surface area (Å²) in [4.78, 5) is 15.4. The predicted molar refractivity (Wildman–Crippen MR) is 55.9 cm³/mol. The third kappa shape index (κ3) is 2.55. The Bertz CT molecular complexity index is 340. The normalized spacial score (nSPS) is 15.2. The zero-order valence-electron chi connectivity index (χ0n) is 8.40. The first-order chi connectivity index (χ1) is 7.25. The first-order valence-electron chi connectivity index (χ1n) is 4.98. The lowest BCUT2D eigenvalue weighted by Gasteiger charge is -2.10. The number of benzene rings is 1. The minimum Gasteiger partial charge on any atom is -0.368 e. The van der Waals surface area contributed by atoms with Crippen LogP contribution in [0.4, 0.5) is 0 Å². The number of fused-ring (bicyclic) bond motifs is 1. The lowest BCUT2D eigenvalue weighted by Crippen LogP contribution is -2.33. The summed E-state index contributed by atoms with van der Waals surface area (Å²) >= 11 is 0. The largest absolute Gasteiger partial charge is 0.368 e. The molecule has 0 unspecified atom stereocenters. The van der Waals surface area contributed by atoms with Crippen molar-refractivity contribution in [3.05, 3.63) is 35.4 Å². The van der Waals surface area contributed by atoms with E-state index >= 15 is 0 Å². The Morgan fingerprint density at radius 2 is 2.00 bits per heavy atom. The molecular formula is C11H14N2O2. The summed E-state index contributed by atoms with van der Waals surface area (Å²) < 4.78 is 0. The van der Waals surface area contributed by atoms with Gasteiger partial charge in [-0.2, -0.15) is 5.48 Å². The molecule has 1 amide bonds. The van der Waals surface area contributed by atoms with Crippen molar-refractivity contribution in [3.8, 4) is 0 Å². The van der Waals surface area contributed by atoms with Gasteiger partial charge in [0.05, 0.1) is 0 Å². The van der Waals surface area contributed by atoms with Gasteiger partial charge in [-0.25, -0.2) is 0 Å². The van der Waals surface area contributed by atoms with Crippen molar-refractivity contribution in [2.45, 2.75) is 18.9 Å². The second kappa shape index (κ2) is 4.42. The fourth-order valence-electron chi connectivity index (χ4n) is 1.87. The molecule has 15 heavy (non-hydrogen) atoms. The van der Waals surface area contributed by atoms with Gasteiger partial charge in [0.1, 0.15) is 6.61 Å². The molecule has 80 valence electrons. The van der Waals surface area contributed by atoms with Gasteiger partial charge in [0.2, 0.25) is 5.91 Å². The van der Waals surface area contributed by atoms with Crippen LogP contribution in [-0.2, 0) is 22.5 Å². The van der Waals surface area contributed by atoms with Crippen molar-refractivity contribution >= 4 is 5.91 Å². The molecule has 4 heteroatoms. The number of nitrogens with two attached hydrogens (primary N) is 1. The molecule has 1 aliphatic rings. The van der Waals surface area contributed by atoms with Gasteiger partial charge in [0.15, 0.2) is 0 Å². The Labute approximate surface area is 88.4 Å². The topological polar surface area (TPSA) is 64.4 Å². The number of nitrogens with one attached hydrogen (secondary N) is 1. The standard InChI is InChI=1S/C11H14N2O2/c12-11(14)7-15-13-10-5-8-3-1-2-4-9(8)6-10/h1-4,10,13H,5-7H2,(H2,12,14). The Morgan fingerprint density at radius 3 is 2.53 bits per heavy atom. The van der Waals surface area contributed by atoms with E-state index in [9.17, 15) is 4.79 Å². The number of amides is 1. The molecule has 0 saturated heterocycles. The van der Waals surface area contributed by atoms with E-state index in [1.807, 2.05) is 12.1 Å². The van der Waals surface area contributed by atoms with E-state index in [4.69, 9.17) is 10.6 Å². The van der Waals surface area contributed by atoms with Crippen LogP contribution in [0.15, 0.2) is 24.3 Å². The molecule has 0 spiro atoms. The van der Waals surface area contributed by atoms with Crippen molar-refractivity contribution in [1.29, 1.82) is 0 Å². The maximum absolute atomic E-state index is 10.4. The van der Waals surface area contributed by atoms with E-state index in [2.05, 4.69) is 17.6 Å². The van der Waals surface area contributed by atoms with E-state index in [1.165, 1.54) is 11.1 Å². The van der Waals surface area contributed by atoms with Crippen molar-refractivity contribution in [2.75, 3.05) is 6.61 Å². The minimum absolute atomic E-state index is 0.0765. The average Bonchev–Trinajstić information content (AvgIpc) is 2.59. The molecule has 0 atom stereocenters. The number of hydrogen-bond acceptors (Lipinski definition) is 3. The third-order valence-electron chi connectivity index (χ3n) is 2.52. The Balaban J connectivity index is 1.83.